The highest BCUT2D eigenvalue weighted by Gasteiger charge is 1.87. The van der Waals surface area contributed by atoms with Crippen LogP contribution in [0.1, 0.15) is 12.5 Å². The maximum absolute atomic E-state index is 5.64. The normalized spacial score (nSPS) is 9.56. The van der Waals surface area contributed by atoms with Gasteiger partial charge in [0.1, 0.15) is 0 Å². The van der Waals surface area contributed by atoms with Crippen LogP contribution in [-0.4, -0.2) is 0 Å². The predicted molar refractivity (Wildman–Crippen MR) is 39.7 cm³/mol. The molecule has 1 aromatic rings. The SMILES string of the molecule is CCc1[c]cc(Cl)cc1. The van der Waals surface area contributed by atoms with E-state index in [0.717, 1.165) is 11.4 Å². The quantitative estimate of drug-likeness (QED) is 0.561. The maximum Gasteiger partial charge on any atom is 0.0412 e. The van der Waals surface area contributed by atoms with Gasteiger partial charge in [-0.05, 0) is 30.2 Å². The lowest BCUT2D eigenvalue weighted by Gasteiger charge is -1.92. The monoisotopic (exact) mass is 139 g/mol. The summed E-state index contributed by atoms with van der Waals surface area (Å²) in [4.78, 5) is 0. The first-order chi connectivity index (χ1) is 4.33. The van der Waals surface area contributed by atoms with Gasteiger partial charge in [-0.3, -0.25) is 0 Å². The van der Waals surface area contributed by atoms with E-state index in [1.54, 1.807) is 6.07 Å². The molecular formula is C8H8Cl. The molecule has 0 bridgehead atoms. The lowest BCUT2D eigenvalue weighted by atomic mass is 10.2. The molecule has 0 aliphatic carbocycles. The molecule has 0 unspecified atom stereocenters. The third kappa shape index (κ3) is 1.72. The van der Waals surface area contributed by atoms with Crippen LogP contribution in [0.25, 0.3) is 0 Å². The van der Waals surface area contributed by atoms with Gasteiger partial charge in [-0.25, -0.2) is 0 Å². The van der Waals surface area contributed by atoms with Crippen molar-refractivity contribution in [2.24, 2.45) is 0 Å². The van der Waals surface area contributed by atoms with Crippen LogP contribution in [0.15, 0.2) is 18.2 Å². The zero-order valence-electron chi connectivity index (χ0n) is 5.32. The lowest BCUT2D eigenvalue weighted by Crippen LogP contribution is -1.76. The van der Waals surface area contributed by atoms with Gasteiger partial charge >= 0.3 is 0 Å². The zero-order chi connectivity index (χ0) is 6.69. The minimum atomic E-state index is 0.757. The minimum Gasteiger partial charge on any atom is -0.0843 e. The van der Waals surface area contributed by atoms with E-state index in [2.05, 4.69) is 13.0 Å². The van der Waals surface area contributed by atoms with Crippen molar-refractivity contribution in [1.82, 2.24) is 0 Å². The second-order valence-corrected chi connectivity index (χ2v) is 2.32. The summed E-state index contributed by atoms with van der Waals surface area (Å²) in [6, 6.07) is 8.72. The van der Waals surface area contributed by atoms with Gasteiger partial charge in [0.2, 0.25) is 0 Å². The van der Waals surface area contributed by atoms with Crippen molar-refractivity contribution in [2.45, 2.75) is 13.3 Å². The summed E-state index contributed by atoms with van der Waals surface area (Å²) in [6.07, 6.45) is 1.02. The predicted octanol–water partition coefficient (Wildman–Crippen LogP) is 2.70. The molecule has 1 heteroatoms. The largest absolute Gasteiger partial charge is 0.0843 e. The van der Waals surface area contributed by atoms with E-state index in [4.69, 9.17) is 11.6 Å². The van der Waals surface area contributed by atoms with Crippen molar-refractivity contribution in [2.75, 3.05) is 0 Å². The summed E-state index contributed by atoms with van der Waals surface area (Å²) in [5, 5.41) is 0.757. The van der Waals surface area contributed by atoms with Crippen LogP contribution in [-0.2, 0) is 6.42 Å². The van der Waals surface area contributed by atoms with Crippen molar-refractivity contribution < 1.29 is 0 Å². The molecule has 0 nitrogen and oxygen atoms in total. The van der Waals surface area contributed by atoms with Gasteiger partial charge < -0.3 is 0 Å². The van der Waals surface area contributed by atoms with Crippen molar-refractivity contribution in [1.29, 1.82) is 0 Å². The minimum absolute atomic E-state index is 0.757. The summed E-state index contributed by atoms with van der Waals surface area (Å²) >= 11 is 5.64. The van der Waals surface area contributed by atoms with Crippen LogP contribution in [0, 0.1) is 6.07 Å². The number of rotatable bonds is 1. The topological polar surface area (TPSA) is 0 Å². The van der Waals surface area contributed by atoms with E-state index < -0.39 is 0 Å². The Kier molecular flexibility index (Phi) is 2.12. The van der Waals surface area contributed by atoms with E-state index in [-0.39, 0.29) is 0 Å². The molecule has 0 spiro atoms. The number of hydrogen-bond acceptors (Lipinski definition) is 0. The molecule has 0 saturated carbocycles. The highest BCUT2D eigenvalue weighted by atomic mass is 35.5. The van der Waals surface area contributed by atoms with Crippen LogP contribution in [0.3, 0.4) is 0 Å². The molecule has 47 valence electrons. The van der Waals surface area contributed by atoms with Crippen LogP contribution >= 0.6 is 11.6 Å². The third-order valence-corrected chi connectivity index (χ3v) is 1.46. The molecule has 1 aromatic carbocycles. The number of aryl methyl sites for hydroxylation is 1. The molecule has 0 N–H and O–H groups in total. The highest BCUT2D eigenvalue weighted by Crippen LogP contribution is 2.08. The van der Waals surface area contributed by atoms with Crippen molar-refractivity contribution in [3.63, 3.8) is 0 Å². The number of benzene rings is 1. The standard InChI is InChI=1S/C8H8Cl/c1-2-7-3-5-8(9)6-4-7/h3,5-6H,2H2,1H3. The molecular weight excluding hydrogens is 132 g/mol. The fourth-order valence-corrected chi connectivity index (χ4v) is 0.776. The Morgan fingerprint density at radius 2 is 2.33 bits per heavy atom. The van der Waals surface area contributed by atoms with Gasteiger partial charge in [0.15, 0.2) is 0 Å². The average molecular weight is 140 g/mol. The summed E-state index contributed by atoms with van der Waals surface area (Å²) < 4.78 is 0. The fourth-order valence-electron chi connectivity index (χ4n) is 0.658. The lowest BCUT2D eigenvalue weighted by molar-refractivity contribution is 1.14. The molecule has 1 rings (SSSR count). The van der Waals surface area contributed by atoms with Crippen molar-refractivity contribution in [3.8, 4) is 0 Å². The molecule has 0 fully saturated rings. The van der Waals surface area contributed by atoms with Crippen LogP contribution < -0.4 is 0 Å². The molecule has 0 heterocycles. The third-order valence-electron chi connectivity index (χ3n) is 1.22. The van der Waals surface area contributed by atoms with E-state index in [0.29, 0.717) is 0 Å². The molecule has 9 heavy (non-hydrogen) atoms. The summed E-state index contributed by atoms with van der Waals surface area (Å²) in [6.45, 7) is 2.10. The summed E-state index contributed by atoms with van der Waals surface area (Å²) in [5.74, 6) is 0. The van der Waals surface area contributed by atoms with E-state index in [9.17, 15) is 0 Å². The van der Waals surface area contributed by atoms with Gasteiger partial charge in [-0.2, -0.15) is 0 Å². The molecule has 0 amide bonds. The highest BCUT2D eigenvalue weighted by molar-refractivity contribution is 6.30. The van der Waals surface area contributed by atoms with Gasteiger partial charge in [0.05, 0.1) is 0 Å². The Morgan fingerprint density at radius 1 is 1.56 bits per heavy atom. The van der Waals surface area contributed by atoms with Crippen LogP contribution in [0.2, 0.25) is 5.02 Å². The Labute approximate surface area is 60.5 Å². The fraction of sp³-hybridized carbons (Fsp3) is 0.250. The summed E-state index contributed by atoms with van der Waals surface area (Å²) in [7, 11) is 0. The van der Waals surface area contributed by atoms with Crippen molar-refractivity contribution >= 4 is 11.6 Å². The van der Waals surface area contributed by atoms with Gasteiger partial charge in [-0.1, -0.05) is 24.6 Å². The Balaban J connectivity index is 2.88. The molecule has 0 saturated heterocycles. The van der Waals surface area contributed by atoms with Crippen molar-refractivity contribution in [3.05, 3.63) is 34.9 Å². The number of halogens is 1. The first kappa shape index (κ1) is 6.63. The first-order valence-electron chi connectivity index (χ1n) is 2.99. The Hall–Kier alpha value is -0.490. The second kappa shape index (κ2) is 2.88. The van der Waals surface area contributed by atoms with E-state index in [1.807, 2.05) is 12.1 Å². The Morgan fingerprint density at radius 3 is 2.78 bits per heavy atom. The Bertz CT molecular complexity index is 176. The summed E-state index contributed by atoms with van der Waals surface area (Å²) in [5.41, 5.74) is 1.21. The van der Waals surface area contributed by atoms with Gasteiger partial charge in [0.25, 0.3) is 0 Å². The van der Waals surface area contributed by atoms with Crippen LogP contribution in [0.4, 0.5) is 0 Å². The second-order valence-electron chi connectivity index (χ2n) is 1.89. The smallest absolute Gasteiger partial charge is 0.0412 e. The van der Waals surface area contributed by atoms with Gasteiger partial charge in [-0.15, -0.1) is 0 Å². The molecule has 1 radical (unpaired) electrons. The van der Waals surface area contributed by atoms with Gasteiger partial charge in [0, 0.05) is 5.02 Å². The molecule has 0 aliphatic heterocycles. The zero-order valence-corrected chi connectivity index (χ0v) is 6.07. The maximum atomic E-state index is 5.64. The van der Waals surface area contributed by atoms with E-state index in [1.165, 1.54) is 5.56 Å². The molecule has 0 aliphatic rings. The molecule has 0 atom stereocenters. The van der Waals surface area contributed by atoms with Crippen LogP contribution in [0.5, 0.6) is 0 Å². The van der Waals surface area contributed by atoms with E-state index >= 15 is 0 Å². The average Bonchev–Trinajstić information content (AvgIpc) is 1.90. The first-order valence-corrected chi connectivity index (χ1v) is 3.37. The molecule has 0 aromatic heterocycles. The number of hydrogen-bond donors (Lipinski definition) is 0.